The van der Waals surface area contributed by atoms with Crippen LogP contribution in [0.15, 0.2) is 53.4 Å². The summed E-state index contributed by atoms with van der Waals surface area (Å²) in [5.74, 6) is -1.34. The molecule has 26 heavy (non-hydrogen) atoms. The molecular weight excluding hydrogens is 378 g/mol. The Morgan fingerprint density at radius 1 is 1.12 bits per heavy atom. The first-order valence-corrected chi connectivity index (χ1v) is 10.0. The quantitative estimate of drug-likeness (QED) is 0.726. The Kier molecular flexibility index (Phi) is 6.76. The predicted molar refractivity (Wildman–Crippen MR) is 98.0 cm³/mol. The Hall–Kier alpha value is -2.38. The number of carbonyl (C=O) groups is 2. The van der Waals surface area contributed by atoms with E-state index in [2.05, 4.69) is 5.32 Å². The minimum Gasteiger partial charge on any atom is -0.452 e. The van der Waals surface area contributed by atoms with Gasteiger partial charge in [-0.15, -0.1) is 0 Å². The first-order valence-electron chi connectivity index (χ1n) is 7.75. The van der Waals surface area contributed by atoms with Crippen LogP contribution in [-0.2, 0) is 25.8 Å². The number of carbonyl (C=O) groups excluding carboxylic acids is 2. The number of ether oxygens (including phenoxy) is 1. The van der Waals surface area contributed by atoms with E-state index < -0.39 is 28.3 Å². The highest BCUT2D eigenvalue weighted by Crippen LogP contribution is 2.16. The molecule has 0 aliphatic rings. The van der Waals surface area contributed by atoms with Crippen molar-refractivity contribution >= 4 is 33.3 Å². The second-order valence-corrected chi connectivity index (χ2v) is 7.99. The van der Waals surface area contributed by atoms with E-state index in [0.29, 0.717) is 18.0 Å². The number of amides is 1. The van der Waals surface area contributed by atoms with Crippen molar-refractivity contribution in [2.75, 3.05) is 19.4 Å². The second kappa shape index (κ2) is 8.82. The summed E-state index contributed by atoms with van der Waals surface area (Å²) < 4.78 is 28.3. The first kappa shape index (κ1) is 19.9. The summed E-state index contributed by atoms with van der Waals surface area (Å²) in [6.45, 7) is -0.136. The average molecular weight is 396 g/mol. The van der Waals surface area contributed by atoms with Gasteiger partial charge in [-0.3, -0.25) is 4.79 Å². The van der Waals surface area contributed by atoms with Gasteiger partial charge < -0.3 is 10.1 Å². The third-order valence-corrected chi connectivity index (χ3v) is 4.86. The number of halogens is 1. The molecule has 0 aromatic heterocycles. The van der Waals surface area contributed by atoms with E-state index in [4.69, 9.17) is 16.3 Å². The molecule has 0 aliphatic carbocycles. The van der Waals surface area contributed by atoms with E-state index in [-0.39, 0.29) is 10.5 Å². The lowest BCUT2D eigenvalue weighted by atomic mass is 10.1. The lowest BCUT2D eigenvalue weighted by molar-refractivity contribution is -0.124. The fourth-order valence-electron chi connectivity index (χ4n) is 2.26. The SMILES string of the molecule is CS(=O)(=O)c1ccccc1C(=O)OCC(=O)NCCc1cccc(Cl)c1. The zero-order valence-corrected chi connectivity index (χ0v) is 15.6. The number of rotatable bonds is 7. The Morgan fingerprint density at radius 2 is 1.85 bits per heavy atom. The van der Waals surface area contributed by atoms with Crippen molar-refractivity contribution in [3.63, 3.8) is 0 Å². The van der Waals surface area contributed by atoms with E-state index in [9.17, 15) is 18.0 Å². The van der Waals surface area contributed by atoms with Gasteiger partial charge in [0.2, 0.25) is 0 Å². The van der Waals surface area contributed by atoms with Crippen LogP contribution < -0.4 is 5.32 Å². The van der Waals surface area contributed by atoms with Crippen molar-refractivity contribution in [1.82, 2.24) is 5.32 Å². The van der Waals surface area contributed by atoms with Gasteiger partial charge in [0.05, 0.1) is 10.5 Å². The second-order valence-electron chi connectivity index (χ2n) is 5.57. The van der Waals surface area contributed by atoms with Gasteiger partial charge in [-0.25, -0.2) is 13.2 Å². The van der Waals surface area contributed by atoms with Gasteiger partial charge in [-0.05, 0) is 36.2 Å². The maximum atomic E-state index is 12.1. The molecule has 0 saturated heterocycles. The summed E-state index contributed by atoms with van der Waals surface area (Å²) in [6.07, 6.45) is 1.58. The van der Waals surface area contributed by atoms with Crippen molar-refractivity contribution in [3.05, 3.63) is 64.7 Å². The standard InChI is InChI=1S/C18H18ClNO5S/c1-26(23,24)16-8-3-2-7-15(16)18(22)25-12-17(21)20-10-9-13-5-4-6-14(19)11-13/h2-8,11H,9-10,12H2,1H3,(H,20,21). The molecule has 138 valence electrons. The van der Waals surface area contributed by atoms with Crippen LogP contribution in [0.1, 0.15) is 15.9 Å². The molecule has 2 aromatic carbocycles. The maximum Gasteiger partial charge on any atom is 0.339 e. The molecule has 0 aliphatic heterocycles. The summed E-state index contributed by atoms with van der Waals surface area (Å²) in [7, 11) is -3.58. The number of sulfone groups is 1. The van der Waals surface area contributed by atoms with Crippen molar-refractivity contribution in [2.45, 2.75) is 11.3 Å². The van der Waals surface area contributed by atoms with Gasteiger partial charge in [-0.1, -0.05) is 35.9 Å². The van der Waals surface area contributed by atoms with Crippen LogP contribution in [0.4, 0.5) is 0 Å². The average Bonchev–Trinajstić information content (AvgIpc) is 2.59. The van der Waals surface area contributed by atoms with Crippen LogP contribution in [0.2, 0.25) is 5.02 Å². The van der Waals surface area contributed by atoms with E-state index >= 15 is 0 Å². The molecule has 2 rings (SSSR count). The highest BCUT2D eigenvalue weighted by atomic mass is 35.5. The smallest absolute Gasteiger partial charge is 0.339 e. The van der Waals surface area contributed by atoms with Crippen molar-refractivity contribution < 1.29 is 22.7 Å². The minimum atomic E-state index is -3.58. The summed E-state index contributed by atoms with van der Waals surface area (Å²) in [6, 6.07) is 13.0. The van der Waals surface area contributed by atoms with Crippen LogP contribution in [0.25, 0.3) is 0 Å². The van der Waals surface area contributed by atoms with Gasteiger partial charge in [0.25, 0.3) is 5.91 Å². The molecule has 0 atom stereocenters. The molecule has 0 unspecified atom stereocenters. The normalized spacial score (nSPS) is 11.0. The molecule has 0 radical (unpaired) electrons. The van der Waals surface area contributed by atoms with Gasteiger partial charge in [0.1, 0.15) is 0 Å². The highest BCUT2D eigenvalue weighted by Gasteiger charge is 2.19. The number of benzene rings is 2. The molecule has 8 heteroatoms. The summed E-state index contributed by atoms with van der Waals surface area (Å²) >= 11 is 5.89. The zero-order valence-electron chi connectivity index (χ0n) is 14.1. The topological polar surface area (TPSA) is 89.5 Å². The molecule has 0 bridgehead atoms. The molecule has 2 aromatic rings. The Balaban J connectivity index is 1.85. The molecule has 0 saturated carbocycles. The van der Waals surface area contributed by atoms with Crippen molar-refractivity contribution in [2.24, 2.45) is 0 Å². The number of hydrogen-bond donors (Lipinski definition) is 1. The fourth-order valence-corrected chi connectivity index (χ4v) is 3.35. The van der Waals surface area contributed by atoms with Crippen LogP contribution >= 0.6 is 11.6 Å². The van der Waals surface area contributed by atoms with Crippen LogP contribution in [0.3, 0.4) is 0 Å². The van der Waals surface area contributed by atoms with Crippen molar-refractivity contribution in [3.8, 4) is 0 Å². The maximum absolute atomic E-state index is 12.1. The molecular formula is C18H18ClNO5S. The molecule has 1 amide bonds. The summed E-state index contributed by atoms with van der Waals surface area (Å²) in [5.41, 5.74) is 0.874. The van der Waals surface area contributed by atoms with Crippen LogP contribution in [0.5, 0.6) is 0 Å². The van der Waals surface area contributed by atoms with Gasteiger partial charge >= 0.3 is 5.97 Å². The lowest BCUT2D eigenvalue weighted by Gasteiger charge is -2.09. The van der Waals surface area contributed by atoms with E-state index in [1.54, 1.807) is 12.1 Å². The minimum absolute atomic E-state index is 0.0956. The first-order chi connectivity index (χ1) is 12.3. The van der Waals surface area contributed by atoms with E-state index in [1.165, 1.54) is 24.3 Å². The third-order valence-electron chi connectivity index (χ3n) is 3.47. The van der Waals surface area contributed by atoms with Crippen LogP contribution in [-0.4, -0.2) is 39.7 Å². The number of hydrogen-bond acceptors (Lipinski definition) is 5. The summed E-state index contributed by atoms with van der Waals surface area (Å²) in [5, 5.41) is 3.24. The Bertz CT molecular complexity index is 911. The van der Waals surface area contributed by atoms with Gasteiger partial charge in [-0.2, -0.15) is 0 Å². The third kappa shape index (κ3) is 5.86. The Labute approximate surface area is 157 Å². The van der Waals surface area contributed by atoms with E-state index in [1.807, 2.05) is 12.1 Å². The molecule has 6 nitrogen and oxygen atoms in total. The number of nitrogens with one attached hydrogen (secondary N) is 1. The van der Waals surface area contributed by atoms with Gasteiger partial charge in [0.15, 0.2) is 16.4 Å². The predicted octanol–water partition coefficient (Wildman–Crippen LogP) is 2.26. The monoisotopic (exact) mass is 395 g/mol. The highest BCUT2D eigenvalue weighted by molar-refractivity contribution is 7.90. The Morgan fingerprint density at radius 3 is 2.54 bits per heavy atom. The molecule has 0 fully saturated rings. The van der Waals surface area contributed by atoms with Crippen LogP contribution in [0, 0.1) is 0 Å². The molecule has 0 spiro atoms. The molecule has 0 heterocycles. The molecule has 1 N–H and O–H groups in total. The van der Waals surface area contributed by atoms with Gasteiger partial charge in [0, 0.05) is 17.8 Å². The number of esters is 1. The van der Waals surface area contributed by atoms with Crippen molar-refractivity contribution in [1.29, 1.82) is 0 Å². The van der Waals surface area contributed by atoms with E-state index in [0.717, 1.165) is 11.8 Å². The zero-order chi connectivity index (χ0) is 19.2. The fraction of sp³-hybridized carbons (Fsp3) is 0.222. The largest absolute Gasteiger partial charge is 0.452 e. The summed E-state index contributed by atoms with van der Waals surface area (Å²) in [4.78, 5) is 23.7. The lowest BCUT2D eigenvalue weighted by Crippen LogP contribution is -2.30.